The van der Waals surface area contributed by atoms with Crippen LogP contribution in [-0.2, 0) is 0 Å². The minimum absolute atomic E-state index is 0.295. The van der Waals surface area contributed by atoms with Crippen molar-refractivity contribution in [1.82, 2.24) is 10.2 Å². The lowest BCUT2D eigenvalue weighted by Gasteiger charge is -2.32. The average Bonchev–Trinajstić information content (AvgIpc) is 3.24. The topological polar surface area (TPSA) is 93.0 Å². The zero-order valence-corrected chi connectivity index (χ0v) is 12.5. The normalized spacial score (nSPS) is 32.6. The van der Waals surface area contributed by atoms with Crippen molar-refractivity contribution in [3.63, 3.8) is 0 Å². The number of aliphatic hydroxyl groups excluding tert-OH is 3. The molecule has 114 valence electrons. The van der Waals surface area contributed by atoms with Crippen LogP contribution in [-0.4, -0.2) is 51.1 Å². The number of aliphatic hydroxyl groups is 3. The summed E-state index contributed by atoms with van der Waals surface area (Å²) in [6, 6.07) is -1.93. The van der Waals surface area contributed by atoms with Gasteiger partial charge in [-0.1, -0.05) is 0 Å². The second-order valence-corrected chi connectivity index (χ2v) is 6.06. The largest absolute Gasteiger partial charge is 0.392 e. The van der Waals surface area contributed by atoms with Crippen LogP contribution in [0.4, 0.5) is 9.18 Å². The minimum atomic E-state index is -1.52. The fourth-order valence-electron chi connectivity index (χ4n) is 2.57. The Balaban J connectivity index is 1.96. The highest BCUT2D eigenvalue weighted by Crippen LogP contribution is 2.39. The Morgan fingerprint density at radius 2 is 2.10 bits per heavy atom. The maximum atomic E-state index is 14.2. The smallest absolute Gasteiger partial charge is 0.326 e. The van der Waals surface area contributed by atoms with Crippen molar-refractivity contribution >= 4 is 22.0 Å². The highest BCUT2D eigenvalue weighted by atomic mass is 79.9. The molecule has 2 amide bonds. The van der Waals surface area contributed by atoms with Crippen LogP contribution in [0, 0.1) is 0 Å². The summed E-state index contributed by atoms with van der Waals surface area (Å²) in [6.45, 7) is -0.712. The molecule has 8 heteroatoms. The number of hydrogen-bond acceptors (Lipinski definition) is 4. The molecular formula is C13H14BrFN2O4. The van der Waals surface area contributed by atoms with E-state index in [0.29, 0.717) is 10.2 Å². The van der Waals surface area contributed by atoms with E-state index in [9.17, 15) is 19.4 Å². The molecule has 3 atom stereocenters. The molecule has 3 rings (SSSR count). The maximum Gasteiger partial charge on any atom is 0.326 e. The molecule has 4 N–H and O–H groups in total. The predicted octanol–water partition coefficient (Wildman–Crippen LogP) is 0.616. The van der Waals surface area contributed by atoms with Crippen LogP contribution >= 0.6 is 15.9 Å². The lowest BCUT2D eigenvalue weighted by Crippen LogP contribution is -2.50. The number of halogens is 2. The number of carbonyl (C=O) groups excluding carboxylic acids is 1. The molecule has 0 unspecified atom stereocenters. The Morgan fingerprint density at radius 3 is 2.62 bits per heavy atom. The maximum absolute atomic E-state index is 14.2. The number of rotatable bonds is 2. The van der Waals surface area contributed by atoms with Crippen LogP contribution in [0.5, 0.6) is 0 Å². The van der Waals surface area contributed by atoms with Crippen molar-refractivity contribution in [2.24, 2.45) is 0 Å². The summed E-state index contributed by atoms with van der Waals surface area (Å²) in [4.78, 5) is 13.1. The summed E-state index contributed by atoms with van der Waals surface area (Å²) in [5.74, 6) is -0.883. The monoisotopic (exact) mass is 360 g/mol. The van der Waals surface area contributed by atoms with Crippen molar-refractivity contribution in [3.05, 3.63) is 33.4 Å². The molecule has 2 aliphatic carbocycles. The van der Waals surface area contributed by atoms with E-state index in [1.165, 1.54) is 6.20 Å². The van der Waals surface area contributed by atoms with Crippen molar-refractivity contribution in [3.8, 4) is 0 Å². The van der Waals surface area contributed by atoms with Crippen molar-refractivity contribution in [2.75, 3.05) is 6.61 Å². The van der Waals surface area contributed by atoms with Gasteiger partial charge in [-0.25, -0.2) is 9.18 Å². The van der Waals surface area contributed by atoms with Gasteiger partial charge in [0.1, 0.15) is 24.1 Å². The molecule has 0 spiro atoms. The highest BCUT2D eigenvalue weighted by Gasteiger charge is 2.47. The Kier molecular flexibility index (Phi) is 3.64. The third kappa shape index (κ3) is 2.32. The van der Waals surface area contributed by atoms with Crippen LogP contribution in [0.2, 0.25) is 0 Å². The van der Waals surface area contributed by atoms with Gasteiger partial charge >= 0.3 is 6.03 Å². The summed E-state index contributed by atoms with van der Waals surface area (Å²) in [5, 5.41) is 31.4. The molecule has 21 heavy (non-hydrogen) atoms. The lowest BCUT2D eigenvalue weighted by atomic mass is 10.1. The fourth-order valence-corrected chi connectivity index (χ4v) is 3.17. The van der Waals surface area contributed by atoms with Gasteiger partial charge < -0.3 is 20.6 Å². The van der Waals surface area contributed by atoms with Crippen LogP contribution < -0.4 is 5.32 Å². The van der Waals surface area contributed by atoms with Gasteiger partial charge in [-0.15, -0.1) is 0 Å². The number of hydrogen-bond donors (Lipinski definition) is 4. The molecule has 0 aromatic heterocycles. The molecular weight excluding hydrogens is 347 g/mol. The second-order valence-electron chi connectivity index (χ2n) is 5.20. The Bertz CT molecular complexity index is 595. The number of urea groups is 1. The second kappa shape index (κ2) is 5.20. The summed E-state index contributed by atoms with van der Waals surface area (Å²) in [6.07, 6.45) is 0.158. The van der Waals surface area contributed by atoms with E-state index in [1.54, 1.807) is 0 Å². The summed E-state index contributed by atoms with van der Waals surface area (Å²) in [7, 11) is 0. The average molecular weight is 361 g/mol. The van der Waals surface area contributed by atoms with Crippen LogP contribution in [0.25, 0.3) is 0 Å². The molecule has 0 saturated heterocycles. The molecule has 0 aromatic carbocycles. The van der Waals surface area contributed by atoms with Gasteiger partial charge in [0.05, 0.1) is 16.8 Å². The quantitative estimate of drug-likeness (QED) is 0.580. The molecule has 0 radical (unpaired) electrons. The summed E-state index contributed by atoms with van der Waals surface area (Å²) < 4.78 is 14.8. The van der Waals surface area contributed by atoms with Gasteiger partial charge in [0.2, 0.25) is 0 Å². The minimum Gasteiger partial charge on any atom is -0.392 e. The third-order valence-electron chi connectivity index (χ3n) is 3.85. The van der Waals surface area contributed by atoms with E-state index in [1.807, 2.05) is 0 Å². The molecule has 3 aliphatic rings. The zero-order chi connectivity index (χ0) is 15.3. The first-order valence-corrected chi connectivity index (χ1v) is 7.29. The highest BCUT2D eigenvalue weighted by molar-refractivity contribution is 9.12. The van der Waals surface area contributed by atoms with Crippen molar-refractivity contribution < 1.29 is 24.5 Å². The molecule has 0 bridgehead atoms. The standard InChI is InChI=1S/C13H14BrFN2O4/c14-7-3-17(13(21)16-9(7)5-1-2-5)10-8(15)6(4-18)11(19)12(10)20/h3,10-12,18-20H,1-2,4H2,(H,16,21)/t10-,11-,12+/m1/s1. The van der Waals surface area contributed by atoms with Gasteiger partial charge in [0, 0.05) is 11.8 Å². The van der Waals surface area contributed by atoms with Gasteiger partial charge in [-0.2, -0.15) is 0 Å². The fraction of sp³-hybridized carbons (Fsp3) is 0.462. The van der Waals surface area contributed by atoms with E-state index in [4.69, 9.17) is 5.11 Å². The third-order valence-corrected chi connectivity index (χ3v) is 4.45. The van der Waals surface area contributed by atoms with Crippen LogP contribution in [0.3, 0.4) is 0 Å². The number of amides is 2. The van der Waals surface area contributed by atoms with Gasteiger partial charge in [0.15, 0.2) is 0 Å². The zero-order valence-electron chi connectivity index (χ0n) is 10.9. The summed E-state index contributed by atoms with van der Waals surface area (Å²) in [5.41, 5.74) is 1.48. The first kappa shape index (κ1) is 14.7. The van der Waals surface area contributed by atoms with Crippen molar-refractivity contribution in [1.29, 1.82) is 0 Å². The Morgan fingerprint density at radius 1 is 1.43 bits per heavy atom. The van der Waals surface area contributed by atoms with Gasteiger partial charge in [-0.05, 0) is 34.3 Å². The number of allylic oxidation sites excluding steroid dienone is 2. The van der Waals surface area contributed by atoms with Crippen LogP contribution in [0.15, 0.2) is 33.4 Å². The van der Waals surface area contributed by atoms with Gasteiger partial charge in [-0.3, -0.25) is 4.90 Å². The Hall–Kier alpha value is -1.22. The summed E-state index contributed by atoms with van der Waals surface area (Å²) >= 11 is 3.31. The van der Waals surface area contributed by atoms with Crippen LogP contribution in [0.1, 0.15) is 12.8 Å². The van der Waals surface area contributed by atoms with E-state index in [0.717, 1.165) is 23.3 Å². The molecule has 1 saturated carbocycles. The first-order valence-electron chi connectivity index (χ1n) is 6.50. The molecule has 1 fully saturated rings. The van der Waals surface area contributed by atoms with E-state index >= 15 is 0 Å². The molecule has 6 nitrogen and oxygen atoms in total. The van der Waals surface area contributed by atoms with E-state index in [-0.39, 0.29) is 5.57 Å². The molecule has 1 aliphatic heterocycles. The molecule has 1 heterocycles. The SMILES string of the molecule is O=C1NC(=C2CC2)C(Br)=CN1[C@@H]1C(F)=C(CO)[C@@H](O)[C@H]1O. The van der Waals surface area contributed by atoms with Crippen molar-refractivity contribution in [2.45, 2.75) is 31.1 Å². The number of nitrogens with one attached hydrogen (secondary N) is 1. The lowest BCUT2D eigenvalue weighted by molar-refractivity contribution is 0.0170. The number of carbonyl (C=O) groups is 1. The molecule has 0 aromatic rings. The predicted molar refractivity (Wildman–Crippen MR) is 74.7 cm³/mol. The number of nitrogens with zero attached hydrogens (tertiary/aromatic N) is 1. The van der Waals surface area contributed by atoms with E-state index < -0.39 is 36.7 Å². The van der Waals surface area contributed by atoms with Gasteiger partial charge in [0.25, 0.3) is 0 Å². The Labute approximate surface area is 128 Å². The first-order chi connectivity index (χ1) is 9.95. The van der Waals surface area contributed by atoms with E-state index in [2.05, 4.69) is 21.2 Å².